The second kappa shape index (κ2) is 4.12. The van der Waals surface area contributed by atoms with Crippen LogP contribution in [0.25, 0.3) is 0 Å². The van der Waals surface area contributed by atoms with Crippen molar-refractivity contribution in [1.29, 1.82) is 0 Å². The number of benzene rings is 1. The van der Waals surface area contributed by atoms with Crippen molar-refractivity contribution in [3.63, 3.8) is 0 Å². The van der Waals surface area contributed by atoms with Crippen molar-refractivity contribution < 1.29 is 27.8 Å². The number of methoxy groups -OCH3 is 1. The molecule has 1 unspecified atom stereocenters. The fourth-order valence-electron chi connectivity index (χ4n) is 1.74. The van der Waals surface area contributed by atoms with Crippen LogP contribution in [-0.2, 0) is 14.3 Å². The molecule has 0 N–H and O–H groups in total. The highest BCUT2D eigenvalue weighted by Gasteiger charge is 2.37. The first-order valence-corrected chi connectivity index (χ1v) is 4.81. The first-order valence-electron chi connectivity index (χ1n) is 4.81. The van der Waals surface area contributed by atoms with Crippen molar-refractivity contribution in [3.05, 3.63) is 29.3 Å². The summed E-state index contributed by atoms with van der Waals surface area (Å²) in [7, 11) is 1.16. The van der Waals surface area contributed by atoms with Crippen LogP contribution in [0.4, 0.5) is 8.78 Å². The Morgan fingerprint density at radius 1 is 1.35 bits per heavy atom. The van der Waals surface area contributed by atoms with Gasteiger partial charge < -0.3 is 9.47 Å². The zero-order chi connectivity index (χ0) is 12.6. The second-order valence-corrected chi connectivity index (χ2v) is 3.53. The molecule has 0 amide bonds. The SMILES string of the molecule is COc1c(C2CC(=O)OC2=O)ccc(F)c1F. The maximum absolute atomic E-state index is 13.4. The fraction of sp³-hybridized carbons (Fsp3) is 0.273. The van der Waals surface area contributed by atoms with Crippen molar-refractivity contribution in [2.24, 2.45) is 0 Å². The lowest BCUT2D eigenvalue weighted by atomic mass is 9.96. The van der Waals surface area contributed by atoms with Crippen LogP contribution in [-0.4, -0.2) is 19.0 Å². The van der Waals surface area contributed by atoms with Crippen LogP contribution in [0.1, 0.15) is 17.9 Å². The molecule has 1 aromatic carbocycles. The molecule has 1 aromatic rings. The predicted octanol–water partition coefficient (Wildman–Crippen LogP) is 1.53. The number of ether oxygens (including phenoxy) is 2. The number of hydrogen-bond acceptors (Lipinski definition) is 4. The van der Waals surface area contributed by atoms with Crippen molar-refractivity contribution in [3.8, 4) is 5.75 Å². The normalized spacial score (nSPS) is 19.4. The molecular formula is C11H8F2O4. The molecule has 0 radical (unpaired) electrons. The van der Waals surface area contributed by atoms with Gasteiger partial charge in [0.1, 0.15) is 0 Å². The minimum Gasteiger partial charge on any atom is -0.493 e. The third-order valence-electron chi connectivity index (χ3n) is 2.53. The number of esters is 2. The summed E-state index contributed by atoms with van der Waals surface area (Å²) in [5.74, 6) is -5.04. The van der Waals surface area contributed by atoms with E-state index in [1.54, 1.807) is 0 Å². The summed E-state index contributed by atoms with van der Waals surface area (Å²) in [6, 6.07) is 2.09. The highest BCUT2D eigenvalue weighted by atomic mass is 19.2. The first kappa shape index (κ1) is 11.5. The van der Waals surface area contributed by atoms with E-state index in [0.717, 1.165) is 13.2 Å². The molecule has 17 heavy (non-hydrogen) atoms. The Bertz CT molecular complexity index is 498. The number of halogens is 2. The van der Waals surface area contributed by atoms with E-state index in [0.29, 0.717) is 0 Å². The van der Waals surface area contributed by atoms with Gasteiger partial charge in [-0.15, -0.1) is 0 Å². The summed E-state index contributed by atoms with van der Waals surface area (Å²) in [4.78, 5) is 22.3. The molecule has 0 spiro atoms. The third-order valence-corrected chi connectivity index (χ3v) is 2.53. The number of carbonyl (C=O) groups excluding carboxylic acids is 2. The van der Waals surface area contributed by atoms with Gasteiger partial charge in [-0.2, -0.15) is 4.39 Å². The van der Waals surface area contributed by atoms with Gasteiger partial charge in [0.15, 0.2) is 11.6 Å². The van der Waals surface area contributed by atoms with Gasteiger partial charge in [-0.1, -0.05) is 6.07 Å². The Morgan fingerprint density at radius 3 is 2.59 bits per heavy atom. The molecule has 1 atom stereocenters. The van der Waals surface area contributed by atoms with E-state index in [1.165, 1.54) is 6.07 Å². The van der Waals surface area contributed by atoms with Crippen LogP contribution in [0.3, 0.4) is 0 Å². The summed E-state index contributed by atoms with van der Waals surface area (Å²) < 4.78 is 35.4. The van der Waals surface area contributed by atoms with E-state index >= 15 is 0 Å². The average molecular weight is 242 g/mol. The van der Waals surface area contributed by atoms with Gasteiger partial charge in [-0.05, 0) is 6.07 Å². The summed E-state index contributed by atoms with van der Waals surface area (Å²) in [5.41, 5.74) is 0.113. The zero-order valence-electron chi connectivity index (χ0n) is 8.83. The molecule has 90 valence electrons. The molecule has 0 bridgehead atoms. The Kier molecular flexibility index (Phi) is 2.79. The Hall–Kier alpha value is -1.98. The largest absolute Gasteiger partial charge is 0.493 e. The first-order chi connectivity index (χ1) is 8.04. The molecule has 6 heteroatoms. The van der Waals surface area contributed by atoms with Crippen LogP contribution >= 0.6 is 0 Å². The zero-order valence-corrected chi connectivity index (χ0v) is 8.83. The Morgan fingerprint density at radius 2 is 2.06 bits per heavy atom. The molecule has 1 saturated heterocycles. The number of cyclic esters (lactones) is 2. The highest BCUT2D eigenvalue weighted by Crippen LogP contribution is 2.36. The summed E-state index contributed by atoms with van der Waals surface area (Å²) in [5, 5.41) is 0. The Balaban J connectivity index is 2.49. The third kappa shape index (κ3) is 1.86. The Labute approximate surface area is 95.1 Å². The molecule has 1 aliphatic rings. The summed E-state index contributed by atoms with van der Waals surface area (Å²) >= 11 is 0. The van der Waals surface area contributed by atoms with Gasteiger partial charge in [0.2, 0.25) is 5.82 Å². The van der Waals surface area contributed by atoms with Crippen LogP contribution in [0.2, 0.25) is 0 Å². The minimum absolute atomic E-state index is 0.113. The van der Waals surface area contributed by atoms with Crippen LogP contribution in [0, 0.1) is 11.6 Å². The molecule has 4 nitrogen and oxygen atoms in total. The lowest BCUT2D eigenvalue weighted by Crippen LogP contribution is -2.09. The van der Waals surface area contributed by atoms with E-state index < -0.39 is 29.5 Å². The number of rotatable bonds is 2. The molecule has 2 rings (SSSR count). The van der Waals surface area contributed by atoms with Crippen molar-refractivity contribution in [1.82, 2.24) is 0 Å². The molecule has 1 aliphatic heterocycles. The van der Waals surface area contributed by atoms with E-state index in [4.69, 9.17) is 4.74 Å². The second-order valence-electron chi connectivity index (χ2n) is 3.53. The van der Waals surface area contributed by atoms with E-state index in [2.05, 4.69) is 4.74 Å². The molecule has 0 saturated carbocycles. The maximum atomic E-state index is 13.4. The van der Waals surface area contributed by atoms with Crippen molar-refractivity contribution in [2.75, 3.05) is 7.11 Å². The maximum Gasteiger partial charge on any atom is 0.321 e. The van der Waals surface area contributed by atoms with E-state index in [9.17, 15) is 18.4 Å². The van der Waals surface area contributed by atoms with Crippen molar-refractivity contribution in [2.45, 2.75) is 12.3 Å². The molecule has 0 aliphatic carbocycles. The van der Waals surface area contributed by atoms with Gasteiger partial charge in [-0.3, -0.25) is 9.59 Å². The van der Waals surface area contributed by atoms with E-state index in [1.807, 2.05) is 0 Å². The minimum atomic E-state index is -1.18. The molecular weight excluding hydrogens is 234 g/mol. The van der Waals surface area contributed by atoms with Crippen LogP contribution in [0.15, 0.2) is 12.1 Å². The average Bonchev–Trinajstić information content (AvgIpc) is 2.61. The predicted molar refractivity (Wildman–Crippen MR) is 51.4 cm³/mol. The number of hydrogen-bond donors (Lipinski definition) is 0. The van der Waals surface area contributed by atoms with Gasteiger partial charge in [0.05, 0.1) is 19.4 Å². The quantitative estimate of drug-likeness (QED) is 0.583. The van der Waals surface area contributed by atoms with Crippen molar-refractivity contribution >= 4 is 11.9 Å². The molecule has 0 aromatic heterocycles. The summed E-state index contributed by atoms with van der Waals surface area (Å²) in [6.07, 6.45) is -0.194. The monoisotopic (exact) mass is 242 g/mol. The van der Waals surface area contributed by atoms with Gasteiger partial charge in [-0.25, -0.2) is 4.39 Å². The molecule has 1 fully saturated rings. The topological polar surface area (TPSA) is 52.6 Å². The summed E-state index contributed by atoms with van der Waals surface area (Å²) in [6.45, 7) is 0. The number of carbonyl (C=O) groups is 2. The fourth-order valence-corrected chi connectivity index (χ4v) is 1.74. The smallest absolute Gasteiger partial charge is 0.321 e. The lowest BCUT2D eigenvalue weighted by molar-refractivity contribution is -0.152. The van der Waals surface area contributed by atoms with Crippen LogP contribution < -0.4 is 4.74 Å². The highest BCUT2D eigenvalue weighted by molar-refractivity contribution is 5.98. The standard InChI is InChI=1S/C11H8F2O4/c1-16-10-5(2-3-7(12)9(10)13)6-4-8(14)17-11(6)15/h2-3,6H,4H2,1H3. The van der Waals surface area contributed by atoms with E-state index in [-0.39, 0.29) is 17.7 Å². The van der Waals surface area contributed by atoms with Gasteiger partial charge in [0.25, 0.3) is 0 Å². The van der Waals surface area contributed by atoms with Crippen LogP contribution in [0.5, 0.6) is 5.75 Å². The van der Waals surface area contributed by atoms with Gasteiger partial charge in [0, 0.05) is 5.56 Å². The molecule has 1 heterocycles. The lowest BCUT2D eigenvalue weighted by Gasteiger charge is -2.12. The van der Waals surface area contributed by atoms with Gasteiger partial charge >= 0.3 is 11.9 Å².